The molecule has 0 aliphatic heterocycles. The molecule has 2 aromatic rings. The SMILES string of the molecule is Cc1cccc(-c2ncc(C)cc2C=O)c1. The second kappa shape index (κ2) is 4.27. The Bertz CT molecular complexity index is 532. The zero-order chi connectivity index (χ0) is 11.5. The van der Waals surface area contributed by atoms with Crippen molar-refractivity contribution in [3.8, 4) is 11.3 Å². The van der Waals surface area contributed by atoms with Crippen LogP contribution in [-0.4, -0.2) is 11.3 Å². The van der Waals surface area contributed by atoms with E-state index in [9.17, 15) is 4.79 Å². The van der Waals surface area contributed by atoms with Gasteiger partial charge in [-0.25, -0.2) is 0 Å². The molecule has 0 aliphatic rings. The van der Waals surface area contributed by atoms with Crippen LogP contribution >= 0.6 is 0 Å². The van der Waals surface area contributed by atoms with Crippen LogP contribution in [0.4, 0.5) is 0 Å². The number of nitrogens with zero attached hydrogens (tertiary/aromatic N) is 1. The minimum atomic E-state index is 0.644. The number of benzene rings is 1. The standard InChI is InChI=1S/C14H13NO/c1-10-4-3-5-12(6-10)14-13(9-16)7-11(2)8-15-14/h3-9H,1-2H3. The minimum absolute atomic E-state index is 0.644. The van der Waals surface area contributed by atoms with E-state index >= 15 is 0 Å². The fraction of sp³-hybridized carbons (Fsp3) is 0.143. The van der Waals surface area contributed by atoms with Gasteiger partial charge in [0.25, 0.3) is 0 Å². The van der Waals surface area contributed by atoms with Gasteiger partial charge in [0, 0.05) is 17.3 Å². The van der Waals surface area contributed by atoms with Crippen molar-refractivity contribution in [1.82, 2.24) is 4.98 Å². The second-order valence-electron chi connectivity index (χ2n) is 3.94. The Balaban J connectivity index is 2.59. The molecule has 0 amide bonds. The zero-order valence-electron chi connectivity index (χ0n) is 9.40. The largest absolute Gasteiger partial charge is 0.298 e. The average molecular weight is 211 g/mol. The van der Waals surface area contributed by atoms with Gasteiger partial charge in [-0.15, -0.1) is 0 Å². The third-order valence-electron chi connectivity index (χ3n) is 2.47. The molecule has 2 heteroatoms. The monoisotopic (exact) mass is 211 g/mol. The highest BCUT2D eigenvalue weighted by molar-refractivity contribution is 5.85. The molecular formula is C14H13NO. The number of pyridine rings is 1. The molecule has 2 rings (SSSR count). The highest BCUT2D eigenvalue weighted by Crippen LogP contribution is 2.21. The van der Waals surface area contributed by atoms with E-state index in [0.29, 0.717) is 5.56 Å². The van der Waals surface area contributed by atoms with Crippen LogP contribution in [0.15, 0.2) is 36.5 Å². The van der Waals surface area contributed by atoms with Gasteiger partial charge in [-0.2, -0.15) is 0 Å². The van der Waals surface area contributed by atoms with Crippen LogP contribution in [0.5, 0.6) is 0 Å². The van der Waals surface area contributed by atoms with Crippen molar-refractivity contribution >= 4 is 6.29 Å². The summed E-state index contributed by atoms with van der Waals surface area (Å²) in [4.78, 5) is 15.3. The molecule has 1 heterocycles. The average Bonchev–Trinajstić information content (AvgIpc) is 2.28. The lowest BCUT2D eigenvalue weighted by molar-refractivity contribution is 0.112. The van der Waals surface area contributed by atoms with E-state index < -0.39 is 0 Å². The summed E-state index contributed by atoms with van der Waals surface area (Å²) in [6.07, 6.45) is 2.64. The first-order chi connectivity index (χ1) is 7.70. The number of hydrogen-bond acceptors (Lipinski definition) is 2. The molecule has 2 nitrogen and oxygen atoms in total. The lowest BCUT2D eigenvalue weighted by atomic mass is 10.0. The van der Waals surface area contributed by atoms with E-state index in [1.165, 1.54) is 0 Å². The summed E-state index contributed by atoms with van der Waals surface area (Å²) < 4.78 is 0. The van der Waals surface area contributed by atoms with E-state index in [4.69, 9.17) is 0 Å². The van der Waals surface area contributed by atoms with E-state index in [0.717, 1.165) is 28.7 Å². The van der Waals surface area contributed by atoms with Gasteiger partial charge in [-0.3, -0.25) is 9.78 Å². The number of carbonyl (C=O) groups excluding carboxylic acids is 1. The summed E-state index contributed by atoms with van der Waals surface area (Å²) in [6, 6.07) is 9.86. The Labute approximate surface area is 95.0 Å². The van der Waals surface area contributed by atoms with Gasteiger partial charge in [0.05, 0.1) is 5.69 Å². The number of aryl methyl sites for hydroxylation is 2. The molecule has 1 aromatic carbocycles. The third-order valence-corrected chi connectivity index (χ3v) is 2.47. The molecule has 16 heavy (non-hydrogen) atoms. The second-order valence-corrected chi connectivity index (χ2v) is 3.94. The quantitative estimate of drug-likeness (QED) is 0.714. The van der Waals surface area contributed by atoms with Gasteiger partial charge in [-0.1, -0.05) is 23.8 Å². The summed E-state index contributed by atoms with van der Waals surface area (Å²) in [6.45, 7) is 3.96. The summed E-state index contributed by atoms with van der Waals surface area (Å²) in [7, 11) is 0. The zero-order valence-corrected chi connectivity index (χ0v) is 9.40. The van der Waals surface area contributed by atoms with Crippen LogP contribution < -0.4 is 0 Å². The molecule has 0 saturated carbocycles. The molecule has 0 aliphatic carbocycles. The predicted octanol–water partition coefficient (Wildman–Crippen LogP) is 3.18. The number of hydrogen-bond donors (Lipinski definition) is 0. The van der Waals surface area contributed by atoms with Gasteiger partial charge in [-0.05, 0) is 31.5 Å². The molecule has 0 bridgehead atoms. The fourth-order valence-corrected chi connectivity index (χ4v) is 1.72. The molecule has 0 saturated heterocycles. The first kappa shape index (κ1) is 10.6. The van der Waals surface area contributed by atoms with E-state index in [1.807, 2.05) is 44.2 Å². The number of carbonyl (C=O) groups is 1. The van der Waals surface area contributed by atoms with Gasteiger partial charge in [0.2, 0.25) is 0 Å². The Morgan fingerprint density at radius 1 is 1.12 bits per heavy atom. The summed E-state index contributed by atoms with van der Waals surface area (Å²) >= 11 is 0. The topological polar surface area (TPSA) is 30.0 Å². The van der Waals surface area contributed by atoms with Crippen molar-refractivity contribution in [3.05, 3.63) is 53.2 Å². The lowest BCUT2D eigenvalue weighted by Gasteiger charge is -2.05. The van der Waals surface area contributed by atoms with Gasteiger partial charge < -0.3 is 0 Å². The van der Waals surface area contributed by atoms with Crippen LogP contribution in [0.3, 0.4) is 0 Å². The maximum Gasteiger partial charge on any atom is 0.152 e. The van der Waals surface area contributed by atoms with Crippen molar-refractivity contribution in [2.45, 2.75) is 13.8 Å². The Kier molecular flexibility index (Phi) is 2.82. The molecule has 0 atom stereocenters. The highest BCUT2D eigenvalue weighted by Gasteiger charge is 2.06. The summed E-state index contributed by atoms with van der Waals surface area (Å²) in [5, 5.41) is 0. The lowest BCUT2D eigenvalue weighted by Crippen LogP contribution is -1.93. The van der Waals surface area contributed by atoms with Gasteiger partial charge >= 0.3 is 0 Å². The fourth-order valence-electron chi connectivity index (χ4n) is 1.72. The summed E-state index contributed by atoms with van der Waals surface area (Å²) in [5.74, 6) is 0. The maximum absolute atomic E-state index is 11.0. The van der Waals surface area contributed by atoms with Crippen molar-refractivity contribution in [3.63, 3.8) is 0 Å². The van der Waals surface area contributed by atoms with Crippen LogP contribution in [0, 0.1) is 13.8 Å². The van der Waals surface area contributed by atoms with Gasteiger partial charge in [0.1, 0.15) is 0 Å². The van der Waals surface area contributed by atoms with Gasteiger partial charge in [0.15, 0.2) is 6.29 Å². The van der Waals surface area contributed by atoms with Crippen molar-refractivity contribution in [2.24, 2.45) is 0 Å². The molecular weight excluding hydrogens is 198 g/mol. The predicted molar refractivity (Wildman–Crippen MR) is 64.5 cm³/mol. The van der Waals surface area contributed by atoms with Crippen LogP contribution in [0.1, 0.15) is 21.5 Å². The van der Waals surface area contributed by atoms with Crippen molar-refractivity contribution in [1.29, 1.82) is 0 Å². The normalized spacial score (nSPS) is 10.1. The van der Waals surface area contributed by atoms with Crippen molar-refractivity contribution < 1.29 is 4.79 Å². The molecule has 0 unspecified atom stereocenters. The molecule has 80 valence electrons. The van der Waals surface area contributed by atoms with Crippen LogP contribution in [-0.2, 0) is 0 Å². The Hall–Kier alpha value is -1.96. The van der Waals surface area contributed by atoms with Crippen molar-refractivity contribution in [2.75, 3.05) is 0 Å². The molecule has 0 radical (unpaired) electrons. The Morgan fingerprint density at radius 3 is 2.62 bits per heavy atom. The van der Waals surface area contributed by atoms with E-state index in [1.54, 1.807) is 6.20 Å². The molecule has 0 fully saturated rings. The van der Waals surface area contributed by atoms with E-state index in [-0.39, 0.29) is 0 Å². The smallest absolute Gasteiger partial charge is 0.152 e. The third kappa shape index (κ3) is 2.01. The molecule has 1 aromatic heterocycles. The van der Waals surface area contributed by atoms with E-state index in [2.05, 4.69) is 4.98 Å². The molecule has 0 spiro atoms. The van der Waals surface area contributed by atoms with Crippen LogP contribution in [0.25, 0.3) is 11.3 Å². The van der Waals surface area contributed by atoms with Crippen LogP contribution in [0.2, 0.25) is 0 Å². The minimum Gasteiger partial charge on any atom is -0.298 e. The number of rotatable bonds is 2. The maximum atomic E-state index is 11.0. The Morgan fingerprint density at radius 2 is 1.94 bits per heavy atom. The first-order valence-electron chi connectivity index (χ1n) is 5.19. The summed E-state index contributed by atoms with van der Waals surface area (Å²) in [5.41, 5.74) is 4.55. The highest BCUT2D eigenvalue weighted by atomic mass is 16.1. The number of aldehydes is 1. The molecule has 0 N–H and O–H groups in total. The first-order valence-corrected chi connectivity index (χ1v) is 5.19. The number of aromatic nitrogens is 1.